The molecule has 1 aromatic rings. The van der Waals surface area contributed by atoms with Crippen LogP contribution in [-0.4, -0.2) is 24.9 Å². The molecular weight excluding hydrogens is 273 g/mol. The second-order valence-corrected chi connectivity index (χ2v) is 4.54. The fourth-order valence-electron chi connectivity index (χ4n) is 1.48. The molecule has 0 heterocycles. The number of amides is 1. The predicted molar refractivity (Wildman–Crippen MR) is 74.7 cm³/mol. The van der Waals surface area contributed by atoms with Gasteiger partial charge in [-0.1, -0.05) is 18.5 Å². The molecule has 0 aliphatic rings. The summed E-state index contributed by atoms with van der Waals surface area (Å²) in [4.78, 5) is 11.0. The zero-order valence-corrected chi connectivity index (χ0v) is 11.9. The van der Waals surface area contributed by atoms with E-state index in [1.807, 2.05) is 12.1 Å². The third kappa shape index (κ3) is 5.15. The Morgan fingerprint density at radius 2 is 2.22 bits per heavy atom. The number of benzene rings is 1. The molecule has 1 rings (SSSR count). The zero-order valence-electron chi connectivity index (χ0n) is 10.3. The first-order valence-electron chi connectivity index (χ1n) is 5.91. The van der Waals surface area contributed by atoms with E-state index in [-0.39, 0.29) is 11.8 Å². The molecular formula is C13H17Cl2NO2. The summed E-state index contributed by atoms with van der Waals surface area (Å²) in [5.41, 5.74) is 0.992. The van der Waals surface area contributed by atoms with Gasteiger partial charge in [0.15, 0.2) is 0 Å². The first kappa shape index (κ1) is 15.1. The Morgan fingerprint density at radius 1 is 1.44 bits per heavy atom. The average Bonchev–Trinajstić information content (AvgIpc) is 2.37. The minimum absolute atomic E-state index is 0.0191. The SMILES string of the molecule is CCCOc1ccc(Cl)cc1CCNC(=O)CCl. The normalized spacial score (nSPS) is 10.2. The standard InChI is InChI=1S/C13H17Cl2NO2/c1-2-7-18-12-4-3-11(15)8-10(12)5-6-16-13(17)9-14/h3-4,8H,2,5-7,9H2,1H3,(H,16,17). The van der Waals surface area contributed by atoms with Gasteiger partial charge in [-0.3, -0.25) is 4.79 Å². The second-order valence-electron chi connectivity index (χ2n) is 3.83. The van der Waals surface area contributed by atoms with E-state index in [9.17, 15) is 4.79 Å². The quantitative estimate of drug-likeness (QED) is 0.784. The fourth-order valence-corrected chi connectivity index (χ4v) is 1.77. The fraction of sp³-hybridized carbons (Fsp3) is 0.462. The van der Waals surface area contributed by atoms with Crippen LogP contribution in [0, 0.1) is 0 Å². The van der Waals surface area contributed by atoms with Crippen LogP contribution in [0.4, 0.5) is 0 Å². The molecule has 0 aliphatic heterocycles. The Balaban J connectivity index is 2.60. The summed E-state index contributed by atoms with van der Waals surface area (Å²) < 4.78 is 5.63. The van der Waals surface area contributed by atoms with Crippen LogP contribution in [0.25, 0.3) is 0 Å². The van der Waals surface area contributed by atoms with Gasteiger partial charge in [-0.15, -0.1) is 11.6 Å². The molecule has 1 aromatic carbocycles. The molecule has 0 aliphatic carbocycles. The number of alkyl halides is 1. The minimum Gasteiger partial charge on any atom is -0.493 e. The molecule has 0 saturated carbocycles. The number of ether oxygens (including phenoxy) is 1. The summed E-state index contributed by atoms with van der Waals surface area (Å²) in [6.07, 6.45) is 1.62. The number of nitrogens with one attached hydrogen (secondary N) is 1. The highest BCUT2D eigenvalue weighted by molar-refractivity contribution is 6.30. The maximum Gasteiger partial charge on any atom is 0.234 e. The van der Waals surface area contributed by atoms with E-state index >= 15 is 0 Å². The monoisotopic (exact) mass is 289 g/mol. The van der Waals surface area contributed by atoms with E-state index in [4.69, 9.17) is 27.9 Å². The Labute approximate surface area is 117 Å². The highest BCUT2D eigenvalue weighted by Gasteiger charge is 2.05. The van der Waals surface area contributed by atoms with Crippen molar-refractivity contribution in [3.8, 4) is 5.75 Å². The first-order chi connectivity index (χ1) is 8.67. The van der Waals surface area contributed by atoms with Crippen molar-refractivity contribution in [2.24, 2.45) is 0 Å². The Bertz CT molecular complexity index is 397. The van der Waals surface area contributed by atoms with Gasteiger partial charge in [-0.05, 0) is 36.6 Å². The van der Waals surface area contributed by atoms with Crippen LogP contribution in [0.2, 0.25) is 5.02 Å². The molecule has 0 saturated heterocycles. The number of halogens is 2. The molecule has 1 N–H and O–H groups in total. The molecule has 5 heteroatoms. The minimum atomic E-state index is -0.172. The lowest BCUT2D eigenvalue weighted by molar-refractivity contribution is -0.118. The molecule has 0 radical (unpaired) electrons. The third-order valence-electron chi connectivity index (χ3n) is 2.32. The van der Waals surface area contributed by atoms with Crippen molar-refractivity contribution < 1.29 is 9.53 Å². The number of carbonyl (C=O) groups is 1. The van der Waals surface area contributed by atoms with Gasteiger partial charge in [-0.2, -0.15) is 0 Å². The zero-order chi connectivity index (χ0) is 13.4. The van der Waals surface area contributed by atoms with Crippen molar-refractivity contribution in [1.29, 1.82) is 0 Å². The van der Waals surface area contributed by atoms with Gasteiger partial charge < -0.3 is 10.1 Å². The van der Waals surface area contributed by atoms with E-state index in [0.717, 1.165) is 17.7 Å². The lowest BCUT2D eigenvalue weighted by atomic mass is 10.1. The molecule has 0 aromatic heterocycles. The topological polar surface area (TPSA) is 38.3 Å². The molecule has 100 valence electrons. The number of rotatable bonds is 7. The lowest BCUT2D eigenvalue weighted by Gasteiger charge is -2.11. The van der Waals surface area contributed by atoms with Crippen LogP contribution in [0.1, 0.15) is 18.9 Å². The van der Waals surface area contributed by atoms with E-state index in [2.05, 4.69) is 12.2 Å². The van der Waals surface area contributed by atoms with Crippen LogP contribution >= 0.6 is 23.2 Å². The number of hydrogen-bond donors (Lipinski definition) is 1. The van der Waals surface area contributed by atoms with Gasteiger partial charge >= 0.3 is 0 Å². The van der Waals surface area contributed by atoms with E-state index < -0.39 is 0 Å². The highest BCUT2D eigenvalue weighted by atomic mass is 35.5. The van der Waals surface area contributed by atoms with Crippen molar-refractivity contribution in [3.63, 3.8) is 0 Å². The van der Waals surface area contributed by atoms with Crippen molar-refractivity contribution in [1.82, 2.24) is 5.32 Å². The van der Waals surface area contributed by atoms with Gasteiger partial charge in [0, 0.05) is 11.6 Å². The van der Waals surface area contributed by atoms with E-state index in [0.29, 0.717) is 24.6 Å². The Morgan fingerprint density at radius 3 is 2.89 bits per heavy atom. The highest BCUT2D eigenvalue weighted by Crippen LogP contribution is 2.23. The van der Waals surface area contributed by atoms with Gasteiger partial charge in [-0.25, -0.2) is 0 Å². The summed E-state index contributed by atoms with van der Waals surface area (Å²) in [6.45, 7) is 3.24. The van der Waals surface area contributed by atoms with Gasteiger partial charge in [0.25, 0.3) is 0 Å². The molecule has 0 spiro atoms. The Kier molecular flexibility index (Phi) is 6.91. The second kappa shape index (κ2) is 8.22. The lowest BCUT2D eigenvalue weighted by Crippen LogP contribution is -2.26. The third-order valence-corrected chi connectivity index (χ3v) is 2.80. The molecule has 0 unspecified atom stereocenters. The van der Waals surface area contributed by atoms with Gasteiger partial charge in [0.2, 0.25) is 5.91 Å². The van der Waals surface area contributed by atoms with Crippen molar-refractivity contribution in [2.45, 2.75) is 19.8 Å². The van der Waals surface area contributed by atoms with Crippen LogP contribution in [0.3, 0.4) is 0 Å². The van der Waals surface area contributed by atoms with Crippen LogP contribution < -0.4 is 10.1 Å². The van der Waals surface area contributed by atoms with E-state index in [1.165, 1.54) is 0 Å². The molecule has 0 atom stereocenters. The van der Waals surface area contributed by atoms with Crippen LogP contribution in [0.15, 0.2) is 18.2 Å². The molecule has 3 nitrogen and oxygen atoms in total. The predicted octanol–water partition coefficient (Wildman–Crippen LogP) is 3.03. The van der Waals surface area contributed by atoms with Crippen molar-refractivity contribution in [2.75, 3.05) is 19.0 Å². The van der Waals surface area contributed by atoms with E-state index in [1.54, 1.807) is 6.07 Å². The van der Waals surface area contributed by atoms with Crippen molar-refractivity contribution >= 4 is 29.1 Å². The summed E-state index contributed by atoms with van der Waals surface area (Å²) >= 11 is 11.4. The largest absolute Gasteiger partial charge is 0.493 e. The Hall–Kier alpha value is -0.930. The maximum atomic E-state index is 11.0. The summed E-state index contributed by atoms with van der Waals surface area (Å²) in [7, 11) is 0. The van der Waals surface area contributed by atoms with Crippen LogP contribution in [0.5, 0.6) is 5.75 Å². The molecule has 1 amide bonds. The molecule has 18 heavy (non-hydrogen) atoms. The molecule has 0 bridgehead atoms. The average molecular weight is 290 g/mol. The summed E-state index contributed by atoms with van der Waals surface area (Å²) in [5.74, 6) is 0.630. The summed E-state index contributed by atoms with van der Waals surface area (Å²) in [5, 5.41) is 3.38. The smallest absolute Gasteiger partial charge is 0.234 e. The maximum absolute atomic E-state index is 11.0. The van der Waals surface area contributed by atoms with Crippen molar-refractivity contribution in [3.05, 3.63) is 28.8 Å². The number of hydrogen-bond acceptors (Lipinski definition) is 2. The van der Waals surface area contributed by atoms with Crippen LogP contribution in [-0.2, 0) is 11.2 Å². The molecule has 0 fully saturated rings. The first-order valence-corrected chi connectivity index (χ1v) is 6.82. The van der Waals surface area contributed by atoms with Gasteiger partial charge in [0.05, 0.1) is 6.61 Å². The summed E-state index contributed by atoms with van der Waals surface area (Å²) in [6, 6.07) is 5.52. The van der Waals surface area contributed by atoms with Gasteiger partial charge in [0.1, 0.15) is 11.6 Å². The number of carbonyl (C=O) groups excluding carboxylic acids is 1.